The molecule has 0 saturated heterocycles. The Morgan fingerprint density at radius 1 is 1.00 bits per heavy atom. The summed E-state index contributed by atoms with van der Waals surface area (Å²) >= 11 is 0. The normalized spacial score (nSPS) is 51.5. The molecular weight excluding hydrogens is 376 g/mol. The molecule has 0 bridgehead atoms. The predicted octanol–water partition coefficient (Wildman–Crippen LogP) is 5.11. The Morgan fingerprint density at radius 3 is 2.33 bits per heavy atom. The first-order valence-electron chi connectivity index (χ1n) is 12.7. The van der Waals surface area contributed by atoms with Crippen molar-refractivity contribution >= 4 is 5.97 Å². The summed E-state index contributed by atoms with van der Waals surface area (Å²) in [6.45, 7) is 9.44. The molecule has 4 rings (SSSR count). The summed E-state index contributed by atoms with van der Waals surface area (Å²) in [5.74, 6) is 2.58. The van der Waals surface area contributed by atoms with Crippen LogP contribution in [0.2, 0.25) is 0 Å². The fourth-order valence-electron chi connectivity index (χ4n) is 9.48. The third kappa shape index (κ3) is 3.36. The Balaban J connectivity index is 1.61. The van der Waals surface area contributed by atoms with E-state index in [0.717, 1.165) is 32.1 Å². The number of hydrogen-bond acceptors (Lipinski definition) is 3. The Kier molecular flexibility index (Phi) is 6.07. The molecule has 4 aliphatic carbocycles. The van der Waals surface area contributed by atoms with Gasteiger partial charge >= 0.3 is 5.97 Å². The lowest BCUT2D eigenvalue weighted by atomic mass is 9.41. The standard InChI is InChI=1S/C26H44O4/c1-5-17-21-14-16(27)10-12-26(21,4)20-11-13-25(3)18(15(2)6-9-22(28)29)7-8-19(25)23(20)24(17)30/h15-21,23-24,27,30H,5-14H2,1-4H3,(H,28,29)/t15-,16-,17?,18?,19+,20+,21?,23?,24-,25-,26-/m1/s1. The first-order chi connectivity index (χ1) is 14.1. The first kappa shape index (κ1) is 22.6. The van der Waals surface area contributed by atoms with Crippen LogP contribution in [-0.4, -0.2) is 33.5 Å². The van der Waals surface area contributed by atoms with Gasteiger partial charge in [0.25, 0.3) is 0 Å². The molecule has 4 unspecified atom stereocenters. The van der Waals surface area contributed by atoms with E-state index >= 15 is 0 Å². The molecule has 0 spiro atoms. The van der Waals surface area contributed by atoms with Crippen molar-refractivity contribution in [1.82, 2.24) is 0 Å². The molecule has 0 aromatic carbocycles. The number of carbonyl (C=O) groups is 1. The van der Waals surface area contributed by atoms with Crippen LogP contribution in [0.25, 0.3) is 0 Å². The van der Waals surface area contributed by atoms with Gasteiger partial charge in [-0.2, -0.15) is 0 Å². The van der Waals surface area contributed by atoms with Gasteiger partial charge in [0, 0.05) is 6.42 Å². The lowest BCUT2D eigenvalue weighted by molar-refractivity contribution is -0.203. The molecule has 4 nitrogen and oxygen atoms in total. The molecule has 4 heteroatoms. The second-order valence-electron chi connectivity index (χ2n) is 12.0. The molecule has 3 N–H and O–H groups in total. The minimum Gasteiger partial charge on any atom is -0.481 e. The summed E-state index contributed by atoms with van der Waals surface area (Å²) in [5.41, 5.74) is 0.480. The zero-order valence-electron chi connectivity index (χ0n) is 19.5. The predicted molar refractivity (Wildman–Crippen MR) is 118 cm³/mol. The van der Waals surface area contributed by atoms with Crippen LogP contribution in [0, 0.1) is 52.3 Å². The van der Waals surface area contributed by atoms with Gasteiger partial charge in [-0.1, -0.05) is 34.1 Å². The summed E-state index contributed by atoms with van der Waals surface area (Å²) in [7, 11) is 0. The number of aliphatic hydroxyl groups is 2. The lowest BCUT2D eigenvalue weighted by Gasteiger charge is -2.64. The van der Waals surface area contributed by atoms with Crippen molar-refractivity contribution in [2.75, 3.05) is 0 Å². The fourth-order valence-corrected chi connectivity index (χ4v) is 9.48. The van der Waals surface area contributed by atoms with Crippen molar-refractivity contribution in [2.45, 2.75) is 104 Å². The van der Waals surface area contributed by atoms with Gasteiger partial charge in [0.2, 0.25) is 0 Å². The van der Waals surface area contributed by atoms with Crippen LogP contribution in [0.3, 0.4) is 0 Å². The highest BCUT2D eigenvalue weighted by atomic mass is 16.4. The number of aliphatic hydroxyl groups excluding tert-OH is 2. The number of fused-ring (bicyclic) bond motifs is 5. The minimum atomic E-state index is -0.683. The maximum Gasteiger partial charge on any atom is 0.303 e. The molecule has 0 radical (unpaired) electrons. The number of rotatable bonds is 5. The van der Waals surface area contributed by atoms with Crippen LogP contribution in [0.1, 0.15) is 91.9 Å². The van der Waals surface area contributed by atoms with E-state index in [-0.39, 0.29) is 29.5 Å². The van der Waals surface area contributed by atoms with Gasteiger partial charge in [0.05, 0.1) is 12.2 Å². The molecule has 11 atom stereocenters. The van der Waals surface area contributed by atoms with Crippen molar-refractivity contribution in [3.05, 3.63) is 0 Å². The molecule has 30 heavy (non-hydrogen) atoms. The van der Waals surface area contributed by atoms with E-state index in [2.05, 4.69) is 27.7 Å². The largest absolute Gasteiger partial charge is 0.481 e. The maximum absolute atomic E-state index is 11.7. The van der Waals surface area contributed by atoms with Crippen LogP contribution in [0.15, 0.2) is 0 Å². The Labute approximate surface area is 182 Å². The van der Waals surface area contributed by atoms with Gasteiger partial charge in [-0.15, -0.1) is 0 Å². The number of aliphatic carboxylic acids is 1. The molecule has 0 aromatic rings. The molecule has 0 heterocycles. The summed E-state index contributed by atoms with van der Waals surface area (Å²) < 4.78 is 0. The zero-order chi connectivity index (χ0) is 21.8. The van der Waals surface area contributed by atoms with Crippen LogP contribution in [0.5, 0.6) is 0 Å². The first-order valence-corrected chi connectivity index (χ1v) is 12.7. The van der Waals surface area contributed by atoms with Gasteiger partial charge in [-0.25, -0.2) is 0 Å². The van der Waals surface area contributed by atoms with Crippen LogP contribution in [0.4, 0.5) is 0 Å². The van der Waals surface area contributed by atoms with Gasteiger partial charge in [-0.05, 0) is 104 Å². The van der Waals surface area contributed by atoms with Gasteiger partial charge in [0.1, 0.15) is 0 Å². The van der Waals surface area contributed by atoms with E-state index in [0.29, 0.717) is 41.4 Å². The maximum atomic E-state index is 11.7. The quantitative estimate of drug-likeness (QED) is 0.577. The molecule has 4 aliphatic rings. The highest BCUT2D eigenvalue weighted by Gasteiger charge is 2.64. The fraction of sp³-hybridized carbons (Fsp3) is 0.962. The van der Waals surface area contributed by atoms with Crippen LogP contribution < -0.4 is 0 Å². The molecule has 0 amide bonds. The molecule has 0 aliphatic heterocycles. The van der Waals surface area contributed by atoms with Crippen molar-refractivity contribution in [3.63, 3.8) is 0 Å². The molecule has 0 aromatic heterocycles. The Hall–Kier alpha value is -0.610. The third-order valence-electron chi connectivity index (χ3n) is 11.0. The third-order valence-corrected chi connectivity index (χ3v) is 11.0. The number of hydrogen-bond donors (Lipinski definition) is 3. The van der Waals surface area contributed by atoms with Crippen molar-refractivity contribution in [1.29, 1.82) is 0 Å². The average Bonchev–Trinajstić information content (AvgIpc) is 3.05. The van der Waals surface area contributed by atoms with Crippen molar-refractivity contribution < 1.29 is 20.1 Å². The van der Waals surface area contributed by atoms with Gasteiger partial charge in [0.15, 0.2) is 0 Å². The Bertz CT molecular complexity index is 649. The van der Waals surface area contributed by atoms with Gasteiger partial charge < -0.3 is 15.3 Å². The second kappa shape index (κ2) is 8.06. The summed E-state index contributed by atoms with van der Waals surface area (Å²) in [6.07, 6.45) is 9.27. The highest BCUT2D eigenvalue weighted by Crippen LogP contribution is 2.69. The summed E-state index contributed by atoms with van der Waals surface area (Å²) in [6, 6.07) is 0. The van der Waals surface area contributed by atoms with Gasteiger partial charge in [-0.3, -0.25) is 4.79 Å². The van der Waals surface area contributed by atoms with E-state index in [1.165, 1.54) is 25.7 Å². The van der Waals surface area contributed by atoms with E-state index in [4.69, 9.17) is 5.11 Å². The van der Waals surface area contributed by atoms with E-state index in [1.54, 1.807) is 0 Å². The minimum absolute atomic E-state index is 0.194. The summed E-state index contributed by atoms with van der Waals surface area (Å²) in [4.78, 5) is 11.1. The molecule has 172 valence electrons. The molecular formula is C26H44O4. The second-order valence-corrected chi connectivity index (χ2v) is 12.0. The lowest BCUT2D eigenvalue weighted by Crippen LogP contribution is -2.62. The number of carboxylic acid groups (broad SMARTS) is 1. The smallest absolute Gasteiger partial charge is 0.303 e. The monoisotopic (exact) mass is 420 g/mol. The topological polar surface area (TPSA) is 77.8 Å². The van der Waals surface area contributed by atoms with Crippen molar-refractivity contribution in [2.24, 2.45) is 52.3 Å². The van der Waals surface area contributed by atoms with E-state index in [9.17, 15) is 15.0 Å². The average molecular weight is 421 g/mol. The molecule has 4 saturated carbocycles. The Morgan fingerprint density at radius 2 is 1.67 bits per heavy atom. The van der Waals surface area contributed by atoms with Crippen LogP contribution >= 0.6 is 0 Å². The molecule has 4 fully saturated rings. The SMILES string of the molecule is CCC1C2C[C@H](O)CC[C@]2(C)[C@H]2CC[C@]3(C)C([C@H](C)CCC(=O)O)CC[C@H]3C2[C@@H]1O. The van der Waals surface area contributed by atoms with Crippen LogP contribution in [-0.2, 0) is 4.79 Å². The van der Waals surface area contributed by atoms with E-state index in [1.807, 2.05) is 0 Å². The van der Waals surface area contributed by atoms with E-state index < -0.39 is 5.97 Å². The highest BCUT2D eigenvalue weighted by molar-refractivity contribution is 5.66. The summed E-state index contributed by atoms with van der Waals surface area (Å²) in [5, 5.41) is 31.3. The number of carboxylic acids is 1. The zero-order valence-corrected chi connectivity index (χ0v) is 19.5. The van der Waals surface area contributed by atoms with Crippen molar-refractivity contribution in [3.8, 4) is 0 Å².